The largest absolute Gasteiger partial charge is 0.622 e. The Labute approximate surface area is 318 Å². The molecule has 1 unspecified atom stereocenters. The van der Waals surface area contributed by atoms with Gasteiger partial charge in [-0.2, -0.15) is 0 Å². The SMILES string of the molecule is CC(C)Cc1ccc(C(C)C(=O)NCCCCN2CC(=O)OB([C@H](CC(C)C)NC(=O)[C@H](Cc3ccccc3)NC(=O)c3cnccn3)OC(=O)C2)cc1. The zero-order valence-electron chi connectivity index (χ0n) is 32.0. The van der Waals surface area contributed by atoms with Gasteiger partial charge in [-0.1, -0.05) is 82.3 Å². The van der Waals surface area contributed by atoms with E-state index in [9.17, 15) is 24.0 Å². The third kappa shape index (κ3) is 13.7. The minimum atomic E-state index is -1.37. The van der Waals surface area contributed by atoms with E-state index < -0.39 is 42.9 Å². The fraction of sp³-hybridized carbons (Fsp3) is 0.475. The van der Waals surface area contributed by atoms with E-state index in [4.69, 9.17) is 9.31 Å². The van der Waals surface area contributed by atoms with Crippen molar-refractivity contribution >= 4 is 36.8 Å². The van der Waals surface area contributed by atoms with Crippen LogP contribution in [0.2, 0.25) is 0 Å². The second kappa shape index (κ2) is 21.0. The highest BCUT2D eigenvalue weighted by atomic mass is 16.6. The van der Waals surface area contributed by atoms with Gasteiger partial charge in [-0.05, 0) is 67.7 Å². The molecular formula is C40H53BN6O7. The Bertz CT molecular complexity index is 1660. The number of nitrogens with zero attached hydrogens (tertiary/aromatic N) is 3. The molecule has 3 amide bonds. The van der Waals surface area contributed by atoms with Gasteiger partial charge < -0.3 is 25.3 Å². The predicted octanol–water partition coefficient (Wildman–Crippen LogP) is 3.68. The molecule has 0 saturated carbocycles. The number of aromatic nitrogens is 2. The first-order valence-electron chi connectivity index (χ1n) is 18.8. The van der Waals surface area contributed by atoms with Crippen LogP contribution in [0, 0.1) is 11.8 Å². The molecule has 13 nitrogen and oxygen atoms in total. The molecule has 14 heteroatoms. The molecule has 2 aromatic carbocycles. The van der Waals surface area contributed by atoms with Gasteiger partial charge in [-0.3, -0.25) is 33.9 Å². The highest BCUT2D eigenvalue weighted by Crippen LogP contribution is 2.18. The number of nitrogens with one attached hydrogen (secondary N) is 3. The van der Waals surface area contributed by atoms with Crippen LogP contribution in [0.4, 0.5) is 0 Å². The number of carbonyl (C=O) groups is 5. The third-order valence-corrected chi connectivity index (χ3v) is 9.00. The molecule has 1 aliphatic heterocycles. The van der Waals surface area contributed by atoms with Crippen molar-refractivity contribution in [1.82, 2.24) is 30.8 Å². The molecule has 0 bridgehead atoms. The molecule has 3 aromatic rings. The molecule has 3 atom stereocenters. The molecule has 1 saturated heterocycles. The summed E-state index contributed by atoms with van der Waals surface area (Å²) >= 11 is 0. The second-order valence-corrected chi connectivity index (χ2v) is 14.7. The summed E-state index contributed by atoms with van der Waals surface area (Å²) in [6.45, 7) is 10.7. The van der Waals surface area contributed by atoms with Crippen LogP contribution in [0.3, 0.4) is 0 Å². The second-order valence-electron chi connectivity index (χ2n) is 14.7. The molecule has 0 radical (unpaired) electrons. The van der Waals surface area contributed by atoms with Crippen molar-refractivity contribution < 1.29 is 33.3 Å². The van der Waals surface area contributed by atoms with E-state index >= 15 is 0 Å². The van der Waals surface area contributed by atoms with E-state index in [1.54, 1.807) is 4.90 Å². The van der Waals surface area contributed by atoms with E-state index in [-0.39, 0.29) is 42.9 Å². The van der Waals surface area contributed by atoms with Crippen LogP contribution in [0.5, 0.6) is 0 Å². The zero-order valence-corrected chi connectivity index (χ0v) is 32.0. The fourth-order valence-corrected chi connectivity index (χ4v) is 6.23. The molecule has 1 fully saturated rings. The average molecular weight is 741 g/mol. The monoisotopic (exact) mass is 740 g/mol. The number of hydrogen-bond acceptors (Lipinski definition) is 10. The topological polar surface area (TPSA) is 169 Å². The molecule has 288 valence electrons. The maximum atomic E-state index is 13.8. The van der Waals surface area contributed by atoms with Crippen LogP contribution in [0.15, 0.2) is 73.2 Å². The Hall–Kier alpha value is -5.11. The molecular weight excluding hydrogens is 687 g/mol. The summed E-state index contributed by atoms with van der Waals surface area (Å²) in [5, 5.41) is 8.62. The van der Waals surface area contributed by atoms with Gasteiger partial charge in [0.1, 0.15) is 11.7 Å². The van der Waals surface area contributed by atoms with E-state index in [2.05, 4.69) is 51.9 Å². The highest BCUT2D eigenvalue weighted by molar-refractivity contribution is 6.51. The maximum absolute atomic E-state index is 13.8. The molecule has 2 heterocycles. The normalized spacial score (nSPS) is 15.4. The van der Waals surface area contributed by atoms with Crippen LogP contribution >= 0.6 is 0 Å². The summed E-state index contributed by atoms with van der Waals surface area (Å²) in [7, 11) is -1.37. The van der Waals surface area contributed by atoms with E-state index in [0.29, 0.717) is 38.3 Å². The smallest absolute Gasteiger partial charge is 0.497 e. The number of amides is 3. The highest BCUT2D eigenvalue weighted by Gasteiger charge is 2.42. The Balaban J connectivity index is 1.30. The maximum Gasteiger partial charge on any atom is 0.622 e. The number of hydrogen-bond donors (Lipinski definition) is 3. The molecule has 1 aliphatic rings. The van der Waals surface area contributed by atoms with Gasteiger partial charge in [0.15, 0.2) is 0 Å². The molecule has 1 aromatic heterocycles. The van der Waals surface area contributed by atoms with Crippen LogP contribution < -0.4 is 16.0 Å². The predicted molar refractivity (Wildman–Crippen MR) is 205 cm³/mol. The van der Waals surface area contributed by atoms with Crippen LogP contribution in [-0.4, -0.2) is 89.8 Å². The zero-order chi connectivity index (χ0) is 39.0. The summed E-state index contributed by atoms with van der Waals surface area (Å²) in [6.07, 6.45) is 6.89. The first-order valence-corrected chi connectivity index (χ1v) is 18.8. The van der Waals surface area contributed by atoms with Crippen molar-refractivity contribution in [3.05, 3.63) is 95.6 Å². The van der Waals surface area contributed by atoms with Crippen molar-refractivity contribution in [3.8, 4) is 0 Å². The first-order chi connectivity index (χ1) is 25.9. The minimum Gasteiger partial charge on any atom is -0.497 e. The summed E-state index contributed by atoms with van der Waals surface area (Å²) in [6, 6.07) is 16.4. The number of carbonyl (C=O) groups excluding carboxylic acids is 5. The van der Waals surface area contributed by atoms with Gasteiger partial charge in [-0.25, -0.2) is 4.98 Å². The fourth-order valence-electron chi connectivity index (χ4n) is 6.23. The lowest BCUT2D eigenvalue weighted by molar-refractivity contribution is -0.147. The van der Waals surface area contributed by atoms with Crippen molar-refractivity contribution in [2.45, 2.75) is 84.6 Å². The Morgan fingerprint density at radius 2 is 1.46 bits per heavy atom. The summed E-state index contributed by atoms with van der Waals surface area (Å²) in [5.41, 5.74) is 3.07. The van der Waals surface area contributed by atoms with Crippen LogP contribution in [0.1, 0.15) is 87.0 Å². The van der Waals surface area contributed by atoms with Gasteiger partial charge in [-0.15, -0.1) is 0 Å². The van der Waals surface area contributed by atoms with Gasteiger partial charge in [0, 0.05) is 25.4 Å². The lowest BCUT2D eigenvalue weighted by Gasteiger charge is -2.30. The van der Waals surface area contributed by atoms with Crippen molar-refractivity contribution in [2.24, 2.45) is 11.8 Å². The average Bonchev–Trinajstić information content (AvgIpc) is 3.13. The summed E-state index contributed by atoms with van der Waals surface area (Å²) < 4.78 is 11.3. The molecule has 0 aliphatic carbocycles. The number of benzene rings is 2. The van der Waals surface area contributed by atoms with E-state index in [0.717, 1.165) is 17.5 Å². The lowest BCUT2D eigenvalue weighted by atomic mass is 9.73. The van der Waals surface area contributed by atoms with Gasteiger partial charge >= 0.3 is 19.1 Å². The summed E-state index contributed by atoms with van der Waals surface area (Å²) in [4.78, 5) is 75.4. The van der Waals surface area contributed by atoms with Gasteiger partial charge in [0.25, 0.3) is 5.91 Å². The third-order valence-electron chi connectivity index (χ3n) is 9.00. The Morgan fingerprint density at radius 1 is 0.796 bits per heavy atom. The quantitative estimate of drug-likeness (QED) is 0.129. The van der Waals surface area contributed by atoms with E-state index in [1.165, 1.54) is 24.2 Å². The Kier molecular flexibility index (Phi) is 16.2. The standard InChI is InChI=1S/C40H53BN6O7/c1-27(2)21-31-13-15-32(16-14-31)29(5)38(50)44-17-9-10-20-47-25-36(48)53-41(54-37(49)26-47)35(22-28(3)4)46-39(51)33(23-30-11-7-6-8-12-30)45-40(52)34-24-42-18-19-43-34/h6-8,11-16,18-19,24,27-29,33,35H,9-10,17,20-23,25-26H2,1-5H3,(H,44,50)(H,45,52)(H,46,51)/t29?,33-,35-/m0/s1. The molecule has 3 N–H and O–H groups in total. The van der Waals surface area contributed by atoms with Crippen molar-refractivity contribution in [1.29, 1.82) is 0 Å². The molecule has 0 spiro atoms. The number of unbranched alkanes of at least 4 members (excludes halogenated alkanes) is 1. The minimum absolute atomic E-state index is 0.0233. The van der Waals surface area contributed by atoms with Crippen LogP contribution in [-0.2, 0) is 41.3 Å². The van der Waals surface area contributed by atoms with Gasteiger partial charge in [0.2, 0.25) is 11.8 Å². The van der Waals surface area contributed by atoms with Crippen molar-refractivity contribution in [2.75, 3.05) is 26.2 Å². The summed E-state index contributed by atoms with van der Waals surface area (Å²) in [5.74, 6) is -2.97. The van der Waals surface area contributed by atoms with Crippen molar-refractivity contribution in [3.63, 3.8) is 0 Å². The van der Waals surface area contributed by atoms with Gasteiger partial charge in [0.05, 0.1) is 31.1 Å². The van der Waals surface area contributed by atoms with Crippen LogP contribution in [0.25, 0.3) is 0 Å². The van der Waals surface area contributed by atoms with E-state index in [1.807, 2.05) is 63.2 Å². The number of rotatable bonds is 18. The lowest BCUT2D eigenvalue weighted by Crippen LogP contribution is -2.58. The Morgan fingerprint density at radius 3 is 2.07 bits per heavy atom. The molecule has 54 heavy (non-hydrogen) atoms. The molecule has 4 rings (SSSR count). The first kappa shape index (κ1) is 41.6.